The van der Waals surface area contributed by atoms with Crippen LogP contribution in [0.1, 0.15) is 46.3 Å². The largest absolute Gasteiger partial charge is 0.465 e. The SMILES string of the molecule is CC1C/C(=C/c2ccco2)c2nc3ccccc3c(C(=O)NCc3ccc(S(C)(=O)=O)cc3)c2C1. The van der Waals surface area contributed by atoms with E-state index in [-0.39, 0.29) is 10.8 Å². The fourth-order valence-electron chi connectivity index (χ4n) is 4.67. The van der Waals surface area contributed by atoms with Gasteiger partial charge in [-0.05, 0) is 71.9 Å². The van der Waals surface area contributed by atoms with Crippen LogP contribution in [0, 0.1) is 5.92 Å². The molecular weight excluding hydrogens is 460 g/mol. The molecular formula is C28H26N2O4S. The zero-order valence-corrected chi connectivity index (χ0v) is 20.4. The van der Waals surface area contributed by atoms with Crippen LogP contribution in [-0.4, -0.2) is 25.6 Å². The summed E-state index contributed by atoms with van der Waals surface area (Å²) in [6, 6.07) is 18.1. The van der Waals surface area contributed by atoms with Crippen LogP contribution in [0.25, 0.3) is 22.6 Å². The highest BCUT2D eigenvalue weighted by Gasteiger charge is 2.28. The first-order valence-corrected chi connectivity index (χ1v) is 13.4. The maximum Gasteiger partial charge on any atom is 0.252 e. The third kappa shape index (κ3) is 4.77. The van der Waals surface area contributed by atoms with Crippen LogP contribution in [0.2, 0.25) is 0 Å². The molecule has 0 fully saturated rings. The molecule has 1 atom stereocenters. The van der Waals surface area contributed by atoms with E-state index in [1.807, 2.05) is 42.5 Å². The van der Waals surface area contributed by atoms with Crippen molar-refractivity contribution in [1.29, 1.82) is 0 Å². The first-order chi connectivity index (χ1) is 16.8. The smallest absolute Gasteiger partial charge is 0.252 e. The van der Waals surface area contributed by atoms with Gasteiger partial charge in [-0.25, -0.2) is 13.4 Å². The summed E-state index contributed by atoms with van der Waals surface area (Å²) in [7, 11) is -3.26. The van der Waals surface area contributed by atoms with Crippen molar-refractivity contribution in [2.24, 2.45) is 5.92 Å². The Morgan fingerprint density at radius 2 is 1.86 bits per heavy atom. The highest BCUT2D eigenvalue weighted by Crippen LogP contribution is 2.38. The Kier molecular flexibility index (Phi) is 6.03. The summed E-state index contributed by atoms with van der Waals surface area (Å²) in [6.45, 7) is 2.47. The highest BCUT2D eigenvalue weighted by molar-refractivity contribution is 7.90. The predicted molar refractivity (Wildman–Crippen MR) is 137 cm³/mol. The third-order valence-electron chi connectivity index (χ3n) is 6.31. The average molecular weight is 487 g/mol. The summed E-state index contributed by atoms with van der Waals surface area (Å²) >= 11 is 0. The van der Waals surface area contributed by atoms with Gasteiger partial charge in [0, 0.05) is 18.2 Å². The molecule has 0 radical (unpaired) electrons. The summed E-state index contributed by atoms with van der Waals surface area (Å²) in [5.74, 6) is 0.943. The minimum Gasteiger partial charge on any atom is -0.465 e. The molecule has 1 aliphatic rings. The number of carbonyl (C=O) groups is 1. The molecule has 1 amide bonds. The molecule has 1 N–H and O–H groups in total. The van der Waals surface area contributed by atoms with Crippen LogP contribution < -0.4 is 5.32 Å². The molecule has 2 aromatic heterocycles. The molecule has 5 rings (SSSR count). The number of benzene rings is 2. The first-order valence-electron chi connectivity index (χ1n) is 11.5. The van der Waals surface area contributed by atoms with E-state index in [2.05, 4.69) is 12.2 Å². The van der Waals surface area contributed by atoms with Crippen molar-refractivity contribution < 1.29 is 17.6 Å². The van der Waals surface area contributed by atoms with Crippen LogP contribution in [0.15, 0.2) is 76.2 Å². The Hall–Kier alpha value is -3.71. The summed E-state index contributed by atoms with van der Waals surface area (Å²) in [6.07, 6.45) is 6.45. The molecule has 2 heterocycles. The normalized spacial score (nSPS) is 16.9. The molecule has 35 heavy (non-hydrogen) atoms. The lowest BCUT2D eigenvalue weighted by molar-refractivity contribution is 0.0951. The maximum atomic E-state index is 13.6. The monoisotopic (exact) mass is 486 g/mol. The van der Waals surface area contributed by atoms with E-state index >= 15 is 0 Å². The fourth-order valence-corrected chi connectivity index (χ4v) is 5.30. The van der Waals surface area contributed by atoms with E-state index in [4.69, 9.17) is 9.40 Å². The van der Waals surface area contributed by atoms with Gasteiger partial charge in [-0.15, -0.1) is 0 Å². The number of nitrogens with zero attached hydrogens (tertiary/aromatic N) is 1. The number of hydrogen-bond acceptors (Lipinski definition) is 5. The van der Waals surface area contributed by atoms with Gasteiger partial charge in [-0.1, -0.05) is 37.3 Å². The van der Waals surface area contributed by atoms with Crippen LogP contribution in [-0.2, 0) is 22.8 Å². The van der Waals surface area contributed by atoms with Crippen molar-refractivity contribution in [1.82, 2.24) is 10.3 Å². The average Bonchev–Trinajstić information content (AvgIpc) is 3.34. The Morgan fingerprint density at radius 1 is 1.09 bits per heavy atom. The lowest BCUT2D eigenvalue weighted by atomic mass is 9.80. The number of carbonyl (C=O) groups excluding carboxylic acids is 1. The van der Waals surface area contributed by atoms with Crippen LogP contribution in [0.3, 0.4) is 0 Å². The first kappa shape index (κ1) is 23.1. The van der Waals surface area contributed by atoms with Crippen molar-refractivity contribution in [2.45, 2.75) is 31.2 Å². The molecule has 4 aromatic rings. The van der Waals surface area contributed by atoms with Gasteiger partial charge in [0.25, 0.3) is 5.91 Å². The second kappa shape index (κ2) is 9.15. The van der Waals surface area contributed by atoms with E-state index in [1.54, 1.807) is 30.5 Å². The van der Waals surface area contributed by atoms with Gasteiger partial charge >= 0.3 is 0 Å². The number of allylic oxidation sites excluding steroid dienone is 1. The zero-order chi connectivity index (χ0) is 24.6. The molecule has 2 aromatic carbocycles. The number of sulfone groups is 1. The minimum atomic E-state index is -3.26. The lowest BCUT2D eigenvalue weighted by Gasteiger charge is -2.26. The lowest BCUT2D eigenvalue weighted by Crippen LogP contribution is -2.27. The molecule has 178 valence electrons. The Bertz CT molecular complexity index is 1540. The molecule has 6 nitrogen and oxygen atoms in total. The van der Waals surface area contributed by atoms with Crippen molar-refractivity contribution in [3.05, 3.63) is 95.1 Å². The number of pyridine rings is 1. The van der Waals surface area contributed by atoms with Crippen molar-refractivity contribution >= 4 is 38.3 Å². The van der Waals surface area contributed by atoms with Crippen LogP contribution >= 0.6 is 0 Å². The molecule has 1 unspecified atom stereocenters. The third-order valence-corrected chi connectivity index (χ3v) is 7.44. The van der Waals surface area contributed by atoms with E-state index in [0.717, 1.165) is 51.9 Å². The number of para-hydroxylation sites is 1. The van der Waals surface area contributed by atoms with Crippen molar-refractivity contribution in [2.75, 3.05) is 6.26 Å². The number of furan rings is 1. The molecule has 0 aliphatic heterocycles. The Morgan fingerprint density at radius 3 is 2.57 bits per heavy atom. The van der Waals surface area contributed by atoms with Crippen molar-refractivity contribution in [3.63, 3.8) is 0 Å². The summed E-state index contributed by atoms with van der Waals surface area (Å²) < 4.78 is 29.0. The second-order valence-electron chi connectivity index (χ2n) is 9.13. The van der Waals surface area contributed by atoms with Gasteiger partial charge in [0.1, 0.15) is 5.76 Å². The van der Waals surface area contributed by atoms with E-state index < -0.39 is 9.84 Å². The Balaban J connectivity index is 1.53. The molecule has 0 spiro atoms. The highest BCUT2D eigenvalue weighted by atomic mass is 32.2. The zero-order valence-electron chi connectivity index (χ0n) is 19.6. The van der Waals surface area contributed by atoms with Gasteiger partial charge in [0.15, 0.2) is 9.84 Å². The Labute approximate surface area is 204 Å². The number of amides is 1. The predicted octanol–water partition coefficient (Wildman–Crippen LogP) is 5.28. The van der Waals surface area contributed by atoms with Gasteiger partial charge in [0.05, 0.1) is 27.9 Å². The second-order valence-corrected chi connectivity index (χ2v) is 11.1. The van der Waals surface area contributed by atoms with Crippen molar-refractivity contribution in [3.8, 4) is 0 Å². The van der Waals surface area contributed by atoms with Gasteiger partial charge < -0.3 is 9.73 Å². The summed E-state index contributed by atoms with van der Waals surface area (Å²) in [5, 5.41) is 3.86. The standard InChI is InChI=1S/C28H26N2O4S/c1-18-14-20(16-21-6-5-13-34-21)27-24(15-18)26(23-7-3-4-8-25(23)30-27)28(31)29-17-19-9-11-22(12-10-19)35(2,32)33/h3-13,16,18H,14-15,17H2,1-2H3,(H,29,31)/b20-16-. The topological polar surface area (TPSA) is 89.3 Å². The molecule has 7 heteroatoms. The summed E-state index contributed by atoms with van der Waals surface area (Å²) in [4.78, 5) is 18.8. The fraction of sp³-hybridized carbons (Fsp3) is 0.214. The quantitative estimate of drug-likeness (QED) is 0.414. The van der Waals surface area contributed by atoms with Gasteiger partial charge in [0.2, 0.25) is 0 Å². The van der Waals surface area contributed by atoms with E-state index in [9.17, 15) is 13.2 Å². The molecule has 0 saturated heterocycles. The minimum absolute atomic E-state index is 0.168. The summed E-state index contributed by atoms with van der Waals surface area (Å²) in [5.41, 5.74) is 5.10. The van der Waals surface area contributed by atoms with Crippen LogP contribution in [0.4, 0.5) is 0 Å². The number of nitrogens with one attached hydrogen (secondary N) is 1. The van der Waals surface area contributed by atoms with Gasteiger partial charge in [-0.2, -0.15) is 0 Å². The number of fused-ring (bicyclic) bond motifs is 2. The molecule has 1 aliphatic carbocycles. The van der Waals surface area contributed by atoms with E-state index in [1.165, 1.54) is 6.26 Å². The number of aromatic nitrogens is 1. The molecule has 0 bridgehead atoms. The molecule has 0 saturated carbocycles. The van der Waals surface area contributed by atoms with E-state index in [0.29, 0.717) is 18.0 Å². The van der Waals surface area contributed by atoms with Crippen LogP contribution in [0.5, 0.6) is 0 Å². The number of hydrogen-bond donors (Lipinski definition) is 1. The number of rotatable bonds is 5. The maximum absolute atomic E-state index is 13.6. The van der Waals surface area contributed by atoms with Gasteiger partial charge in [-0.3, -0.25) is 4.79 Å².